The predicted molar refractivity (Wildman–Crippen MR) is 62.5 cm³/mol. The summed E-state index contributed by atoms with van der Waals surface area (Å²) < 4.78 is 1.27. The lowest BCUT2D eigenvalue weighted by Gasteiger charge is -1.89. The zero-order valence-corrected chi connectivity index (χ0v) is 9.27. The van der Waals surface area contributed by atoms with Crippen LogP contribution in [0.2, 0.25) is 0 Å². The molecule has 0 atom stereocenters. The molecule has 72 valence electrons. The van der Waals surface area contributed by atoms with Crippen molar-refractivity contribution in [2.75, 3.05) is 0 Å². The molecular formula is C12H13NS. The minimum atomic E-state index is 0.518. The number of thiophene rings is 1. The van der Waals surface area contributed by atoms with Gasteiger partial charge in [-0.3, -0.25) is 0 Å². The second-order valence-corrected chi connectivity index (χ2v) is 3.50. The molecule has 0 aliphatic rings. The molecule has 0 amide bonds. The number of nitrogens with zero attached hydrogens (tertiary/aromatic N) is 1. The Hall–Kier alpha value is -1.33. The second-order valence-electron chi connectivity index (χ2n) is 2.59. The number of hydrogen-bond donors (Lipinski definition) is 0. The van der Waals surface area contributed by atoms with E-state index in [2.05, 4.69) is 23.6 Å². The molecule has 0 unspecified atom stereocenters. The summed E-state index contributed by atoms with van der Waals surface area (Å²) >= 11 is 1.70. The first-order chi connectivity index (χ1) is 6.92. The van der Waals surface area contributed by atoms with Crippen LogP contribution >= 0.6 is 11.3 Å². The monoisotopic (exact) mass is 203 g/mol. The molecule has 0 bridgehead atoms. The van der Waals surface area contributed by atoms with Gasteiger partial charge in [-0.05, 0) is 22.4 Å². The van der Waals surface area contributed by atoms with E-state index in [1.807, 2.05) is 26.0 Å². The van der Waals surface area contributed by atoms with E-state index in [0.29, 0.717) is 6.42 Å². The maximum atomic E-state index is 8.55. The van der Waals surface area contributed by atoms with Crippen LogP contribution in [0.5, 0.6) is 0 Å². The van der Waals surface area contributed by atoms with Gasteiger partial charge in [0.1, 0.15) is 0 Å². The fourth-order valence-electron chi connectivity index (χ4n) is 1.25. The van der Waals surface area contributed by atoms with E-state index >= 15 is 0 Å². The van der Waals surface area contributed by atoms with Crippen LogP contribution in [0.15, 0.2) is 29.6 Å². The van der Waals surface area contributed by atoms with Crippen LogP contribution in [-0.2, 0) is 6.42 Å². The van der Waals surface area contributed by atoms with Crippen molar-refractivity contribution in [3.63, 3.8) is 0 Å². The fourth-order valence-corrected chi connectivity index (χ4v) is 2.22. The zero-order chi connectivity index (χ0) is 10.4. The minimum absolute atomic E-state index is 0.518. The largest absolute Gasteiger partial charge is 0.198 e. The van der Waals surface area contributed by atoms with Gasteiger partial charge in [0.05, 0.1) is 12.5 Å². The summed E-state index contributed by atoms with van der Waals surface area (Å²) in [6, 6.07) is 10.4. The van der Waals surface area contributed by atoms with E-state index in [1.54, 1.807) is 11.3 Å². The number of hydrogen-bond acceptors (Lipinski definition) is 2. The van der Waals surface area contributed by atoms with Crippen molar-refractivity contribution >= 4 is 21.4 Å². The van der Waals surface area contributed by atoms with E-state index in [9.17, 15) is 0 Å². The van der Waals surface area contributed by atoms with E-state index < -0.39 is 0 Å². The molecule has 2 heteroatoms. The molecule has 0 radical (unpaired) electrons. The third kappa shape index (κ3) is 2.12. The van der Waals surface area contributed by atoms with Gasteiger partial charge in [0.25, 0.3) is 0 Å². The quantitative estimate of drug-likeness (QED) is 0.687. The molecule has 0 aliphatic carbocycles. The minimum Gasteiger partial charge on any atom is -0.198 e. The highest BCUT2D eigenvalue weighted by molar-refractivity contribution is 7.17. The van der Waals surface area contributed by atoms with Gasteiger partial charge in [0, 0.05) is 4.70 Å². The smallest absolute Gasteiger partial charge is 0.0670 e. The lowest BCUT2D eigenvalue weighted by molar-refractivity contribution is 1.30. The van der Waals surface area contributed by atoms with Gasteiger partial charge < -0.3 is 0 Å². The van der Waals surface area contributed by atoms with Gasteiger partial charge in [0.2, 0.25) is 0 Å². The summed E-state index contributed by atoms with van der Waals surface area (Å²) in [7, 11) is 0. The van der Waals surface area contributed by atoms with Gasteiger partial charge in [0.15, 0.2) is 0 Å². The summed E-state index contributed by atoms with van der Waals surface area (Å²) in [5.74, 6) is 0. The van der Waals surface area contributed by atoms with Crippen LogP contribution in [0.1, 0.15) is 19.4 Å². The lowest BCUT2D eigenvalue weighted by atomic mass is 10.1. The highest BCUT2D eigenvalue weighted by Gasteiger charge is 2.00. The molecular weight excluding hydrogens is 190 g/mol. The number of fused-ring (bicyclic) bond motifs is 1. The zero-order valence-electron chi connectivity index (χ0n) is 8.45. The second kappa shape index (κ2) is 5.41. The van der Waals surface area contributed by atoms with E-state index in [4.69, 9.17) is 5.26 Å². The summed E-state index contributed by atoms with van der Waals surface area (Å²) in [5.41, 5.74) is 1.15. The molecule has 1 nitrogen and oxygen atoms in total. The fraction of sp³-hybridized carbons (Fsp3) is 0.250. The molecule has 0 aliphatic heterocycles. The lowest BCUT2D eigenvalue weighted by Crippen LogP contribution is -1.75. The SMILES string of the molecule is CC.N#CCc1csc2ccccc12. The molecule has 0 N–H and O–H groups in total. The van der Waals surface area contributed by atoms with E-state index in [0.717, 1.165) is 5.56 Å². The van der Waals surface area contributed by atoms with Gasteiger partial charge >= 0.3 is 0 Å². The Morgan fingerprint density at radius 3 is 2.71 bits per heavy atom. The van der Waals surface area contributed by atoms with Crippen molar-refractivity contribution in [2.24, 2.45) is 0 Å². The van der Waals surface area contributed by atoms with Crippen molar-refractivity contribution in [1.29, 1.82) is 5.26 Å². The van der Waals surface area contributed by atoms with Crippen molar-refractivity contribution < 1.29 is 0 Å². The molecule has 0 saturated heterocycles. The van der Waals surface area contributed by atoms with Crippen LogP contribution < -0.4 is 0 Å². The number of rotatable bonds is 1. The molecule has 2 aromatic rings. The standard InChI is InChI=1S/C10H7NS.C2H6/c11-6-5-8-7-12-10-4-2-1-3-9(8)10;1-2/h1-4,7H,5H2;1-2H3. The summed E-state index contributed by atoms with van der Waals surface area (Å²) in [5, 5.41) is 11.8. The molecule has 1 aromatic heterocycles. The van der Waals surface area contributed by atoms with Crippen LogP contribution in [0, 0.1) is 11.3 Å². The van der Waals surface area contributed by atoms with E-state index in [-0.39, 0.29) is 0 Å². The normalized spacial score (nSPS) is 8.93. The molecule has 0 fully saturated rings. The maximum Gasteiger partial charge on any atom is 0.0670 e. The van der Waals surface area contributed by atoms with Gasteiger partial charge in [-0.2, -0.15) is 5.26 Å². The molecule has 0 spiro atoms. The Labute approximate surface area is 88.6 Å². The Balaban J connectivity index is 0.000000461. The molecule has 1 aromatic carbocycles. The summed E-state index contributed by atoms with van der Waals surface area (Å²) in [6.45, 7) is 4.00. The summed E-state index contributed by atoms with van der Waals surface area (Å²) in [6.07, 6.45) is 0.518. The number of benzene rings is 1. The predicted octanol–water partition coefficient (Wildman–Crippen LogP) is 3.99. The third-order valence-corrected chi connectivity index (χ3v) is 2.84. The van der Waals surface area contributed by atoms with Crippen molar-refractivity contribution in [3.8, 4) is 6.07 Å². The Kier molecular flexibility index (Phi) is 4.15. The van der Waals surface area contributed by atoms with Crippen molar-refractivity contribution in [2.45, 2.75) is 20.3 Å². The number of nitriles is 1. The molecule has 1 heterocycles. The Morgan fingerprint density at radius 1 is 1.29 bits per heavy atom. The maximum absolute atomic E-state index is 8.55. The topological polar surface area (TPSA) is 23.8 Å². The first-order valence-corrected chi connectivity index (χ1v) is 5.62. The van der Waals surface area contributed by atoms with E-state index in [1.165, 1.54) is 10.1 Å². The Bertz CT molecular complexity index is 437. The first-order valence-electron chi connectivity index (χ1n) is 4.74. The first kappa shape index (κ1) is 10.7. The highest BCUT2D eigenvalue weighted by atomic mass is 32.1. The molecule has 2 rings (SSSR count). The highest BCUT2D eigenvalue weighted by Crippen LogP contribution is 2.25. The van der Waals surface area contributed by atoms with Crippen molar-refractivity contribution in [1.82, 2.24) is 0 Å². The molecule has 14 heavy (non-hydrogen) atoms. The van der Waals surface area contributed by atoms with Gasteiger partial charge in [-0.1, -0.05) is 32.0 Å². The van der Waals surface area contributed by atoms with Crippen LogP contribution in [-0.4, -0.2) is 0 Å². The van der Waals surface area contributed by atoms with Gasteiger partial charge in [-0.15, -0.1) is 11.3 Å². The summed E-state index contributed by atoms with van der Waals surface area (Å²) in [4.78, 5) is 0. The van der Waals surface area contributed by atoms with Crippen LogP contribution in [0.4, 0.5) is 0 Å². The molecule has 0 saturated carbocycles. The van der Waals surface area contributed by atoms with Crippen molar-refractivity contribution in [3.05, 3.63) is 35.2 Å². The third-order valence-electron chi connectivity index (χ3n) is 1.83. The van der Waals surface area contributed by atoms with Crippen LogP contribution in [0.3, 0.4) is 0 Å². The average molecular weight is 203 g/mol. The van der Waals surface area contributed by atoms with Gasteiger partial charge in [-0.25, -0.2) is 0 Å². The Morgan fingerprint density at radius 2 is 2.00 bits per heavy atom. The van der Waals surface area contributed by atoms with Crippen LogP contribution in [0.25, 0.3) is 10.1 Å². The average Bonchev–Trinajstić information content (AvgIpc) is 2.66.